The molecule has 0 heterocycles. The van der Waals surface area contributed by atoms with Gasteiger partial charge < -0.3 is 34.8 Å². The van der Waals surface area contributed by atoms with Crippen molar-refractivity contribution in [1.29, 1.82) is 0 Å². The molecule has 0 amide bonds. The largest absolute Gasteiger partial charge is 0.472 e. The number of aliphatic hydroxyl groups excluding tert-OH is 4. The Morgan fingerprint density at radius 2 is 1.18 bits per heavy atom. The van der Waals surface area contributed by atoms with Crippen LogP contribution < -0.4 is 0 Å². The van der Waals surface area contributed by atoms with Crippen molar-refractivity contribution < 1.29 is 58.0 Å². The minimum absolute atomic E-state index is 0.0432. The number of phosphoric ester groups is 1. The first-order valence-electron chi connectivity index (χ1n) is 22.1. The van der Waals surface area contributed by atoms with Gasteiger partial charge in [0.25, 0.3) is 0 Å². The van der Waals surface area contributed by atoms with E-state index in [0.717, 1.165) is 51.4 Å². The lowest BCUT2D eigenvalue weighted by atomic mass is 10.1. The molecular formula is C48H77O12P. The Bertz CT molecular complexity index is 1410. The molecule has 0 bridgehead atoms. The zero-order valence-electron chi connectivity index (χ0n) is 36.8. The number of phosphoric acid groups is 1. The maximum Gasteiger partial charge on any atom is 0.472 e. The zero-order valence-corrected chi connectivity index (χ0v) is 37.7. The molecule has 0 aliphatic rings. The van der Waals surface area contributed by atoms with Crippen molar-refractivity contribution in [1.82, 2.24) is 0 Å². The SMILES string of the molecule is CC/C=C\C[C@@H](O)/C=C/C=C\C/C=C\C=C\[C@@H](O)/C=C\CCCC(=O)OC[C@H](COP(=O)(O)OC[C@@H](O)CO)OC(=O)CCCCCC/C=C\C/C=C\C/C=C\CCCCC. The van der Waals surface area contributed by atoms with Crippen LogP contribution in [0.15, 0.2) is 109 Å². The normalized spacial score (nSPS) is 15.9. The van der Waals surface area contributed by atoms with Gasteiger partial charge >= 0.3 is 19.8 Å². The van der Waals surface area contributed by atoms with E-state index in [2.05, 4.69) is 47.9 Å². The van der Waals surface area contributed by atoms with Gasteiger partial charge in [0.15, 0.2) is 6.10 Å². The molecule has 0 saturated heterocycles. The van der Waals surface area contributed by atoms with E-state index in [4.69, 9.17) is 19.1 Å². The molecule has 0 saturated carbocycles. The second-order valence-electron chi connectivity index (χ2n) is 14.4. The Morgan fingerprint density at radius 3 is 1.85 bits per heavy atom. The van der Waals surface area contributed by atoms with E-state index in [0.29, 0.717) is 32.1 Å². The van der Waals surface area contributed by atoms with Crippen LogP contribution in [0.4, 0.5) is 0 Å². The van der Waals surface area contributed by atoms with Crippen LogP contribution in [0.5, 0.6) is 0 Å². The molecule has 0 aliphatic carbocycles. The monoisotopic (exact) mass is 877 g/mol. The molecule has 0 aliphatic heterocycles. The zero-order chi connectivity index (χ0) is 45.1. The Balaban J connectivity index is 4.60. The predicted octanol–water partition coefficient (Wildman–Crippen LogP) is 9.72. The van der Waals surface area contributed by atoms with Crippen LogP contribution in [-0.2, 0) is 32.7 Å². The molecule has 1 unspecified atom stereocenters. The van der Waals surface area contributed by atoms with Gasteiger partial charge in [0, 0.05) is 12.8 Å². The lowest BCUT2D eigenvalue weighted by Crippen LogP contribution is -2.29. The molecule has 0 aromatic carbocycles. The van der Waals surface area contributed by atoms with E-state index in [1.165, 1.54) is 19.3 Å². The van der Waals surface area contributed by atoms with Gasteiger partial charge in [0.05, 0.1) is 32.0 Å². The Morgan fingerprint density at radius 1 is 0.590 bits per heavy atom. The van der Waals surface area contributed by atoms with Crippen LogP contribution in [0.3, 0.4) is 0 Å². The fourth-order valence-corrected chi connectivity index (χ4v) is 5.94. The molecule has 0 radical (unpaired) electrons. The Kier molecular flexibility index (Phi) is 39.5. The highest BCUT2D eigenvalue weighted by Gasteiger charge is 2.27. The highest BCUT2D eigenvalue weighted by Crippen LogP contribution is 2.43. The number of aliphatic hydroxyl groups is 4. The number of rotatable bonds is 39. The summed E-state index contributed by atoms with van der Waals surface area (Å²) in [6.07, 6.45) is 45.5. The van der Waals surface area contributed by atoms with E-state index < -0.39 is 70.6 Å². The number of esters is 2. The molecule has 61 heavy (non-hydrogen) atoms. The number of unbranched alkanes of at least 4 members (excludes halogenated alkanes) is 8. The van der Waals surface area contributed by atoms with Crippen molar-refractivity contribution in [2.75, 3.05) is 26.4 Å². The number of carbonyl (C=O) groups is 2. The van der Waals surface area contributed by atoms with Gasteiger partial charge in [0.1, 0.15) is 12.7 Å². The lowest BCUT2D eigenvalue weighted by molar-refractivity contribution is -0.161. The van der Waals surface area contributed by atoms with Crippen LogP contribution in [-0.4, -0.2) is 88.1 Å². The van der Waals surface area contributed by atoms with Gasteiger partial charge in [-0.05, 0) is 77.0 Å². The molecule has 0 aromatic heterocycles. The average Bonchev–Trinajstić information content (AvgIpc) is 3.24. The van der Waals surface area contributed by atoms with E-state index in [1.54, 1.807) is 30.4 Å². The summed E-state index contributed by atoms with van der Waals surface area (Å²) in [5.41, 5.74) is 0. The topological polar surface area (TPSA) is 189 Å². The third kappa shape index (κ3) is 41.7. The molecule has 346 valence electrons. The first kappa shape index (κ1) is 57.5. The van der Waals surface area contributed by atoms with Crippen LogP contribution in [0, 0.1) is 0 Å². The summed E-state index contributed by atoms with van der Waals surface area (Å²) in [5.74, 6) is -1.15. The standard InChI is InChI=1S/C48H77O12P/c1-3-5-7-8-9-10-11-12-13-14-15-16-17-18-22-25-31-38-48(54)60-46(42-59-61(55,56)58-40-45(52)39-49)41-57-47(53)37-32-26-30-36-44(51)35-29-24-21-19-20-23-28-34-43(50)33-27-6-4-2/h6,9-10,12-13,15-16,20-21,23-24,27-30,34-36,43-46,49-52H,3-5,7-8,11,14,17-19,22,25-26,31-33,37-42H2,1-2H3,(H,55,56)/b10-9-,13-12-,16-15-,23-20-,24-21-,27-6-,34-28+,35-29+,36-30-/t43-,44-,45+,46-/m1/s1. The van der Waals surface area contributed by atoms with Crippen molar-refractivity contribution in [2.24, 2.45) is 0 Å². The van der Waals surface area contributed by atoms with Gasteiger partial charge in [0.2, 0.25) is 0 Å². The average molecular weight is 877 g/mol. The number of hydrogen-bond acceptors (Lipinski definition) is 11. The molecule has 0 rings (SSSR count). The third-order valence-electron chi connectivity index (χ3n) is 8.59. The van der Waals surface area contributed by atoms with Gasteiger partial charge in [-0.1, -0.05) is 149 Å². The summed E-state index contributed by atoms with van der Waals surface area (Å²) in [6.45, 7) is 1.89. The fraction of sp³-hybridized carbons (Fsp3) is 0.583. The number of hydrogen-bond donors (Lipinski definition) is 5. The summed E-state index contributed by atoms with van der Waals surface area (Å²) >= 11 is 0. The van der Waals surface area contributed by atoms with Crippen LogP contribution in [0.25, 0.3) is 0 Å². The Hall–Kier alpha value is -3.45. The smallest absolute Gasteiger partial charge is 0.462 e. The van der Waals surface area contributed by atoms with Crippen LogP contribution >= 0.6 is 7.82 Å². The maximum absolute atomic E-state index is 12.6. The number of ether oxygens (including phenoxy) is 2. The Labute approximate surface area is 366 Å². The molecular weight excluding hydrogens is 799 g/mol. The minimum atomic E-state index is -4.68. The molecule has 0 aromatic rings. The highest BCUT2D eigenvalue weighted by molar-refractivity contribution is 7.47. The quantitative estimate of drug-likeness (QED) is 0.0129. The first-order chi connectivity index (χ1) is 29.5. The first-order valence-corrected chi connectivity index (χ1v) is 23.6. The number of allylic oxidation sites excluding steroid dienone is 14. The second-order valence-corrected chi connectivity index (χ2v) is 15.8. The predicted molar refractivity (Wildman–Crippen MR) is 244 cm³/mol. The van der Waals surface area contributed by atoms with Gasteiger partial charge in [-0.25, -0.2) is 4.57 Å². The summed E-state index contributed by atoms with van der Waals surface area (Å²) in [4.78, 5) is 35.0. The maximum atomic E-state index is 12.6. The van der Waals surface area contributed by atoms with E-state index in [1.807, 2.05) is 49.5 Å². The molecule has 0 fully saturated rings. The van der Waals surface area contributed by atoms with E-state index in [-0.39, 0.29) is 12.8 Å². The number of carbonyl (C=O) groups excluding carboxylic acids is 2. The summed E-state index contributed by atoms with van der Waals surface area (Å²) in [6, 6.07) is 0. The van der Waals surface area contributed by atoms with Crippen molar-refractivity contribution in [3.8, 4) is 0 Å². The van der Waals surface area contributed by atoms with Gasteiger partial charge in [-0.3, -0.25) is 18.6 Å². The second kappa shape index (κ2) is 41.9. The van der Waals surface area contributed by atoms with Gasteiger partial charge in [-0.15, -0.1) is 0 Å². The summed E-state index contributed by atoms with van der Waals surface area (Å²) in [5, 5.41) is 38.3. The van der Waals surface area contributed by atoms with Crippen molar-refractivity contribution in [3.63, 3.8) is 0 Å². The van der Waals surface area contributed by atoms with Crippen LogP contribution in [0.2, 0.25) is 0 Å². The molecule has 13 heteroatoms. The summed E-state index contributed by atoms with van der Waals surface area (Å²) in [7, 11) is -4.68. The molecule has 5 atom stereocenters. The van der Waals surface area contributed by atoms with E-state index in [9.17, 15) is 34.4 Å². The molecule has 0 spiro atoms. The van der Waals surface area contributed by atoms with Crippen molar-refractivity contribution >= 4 is 19.8 Å². The van der Waals surface area contributed by atoms with Gasteiger partial charge in [-0.2, -0.15) is 0 Å². The minimum Gasteiger partial charge on any atom is -0.462 e. The van der Waals surface area contributed by atoms with Crippen LogP contribution in [0.1, 0.15) is 129 Å². The molecule has 12 nitrogen and oxygen atoms in total. The van der Waals surface area contributed by atoms with Crippen molar-refractivity contribution in [2.45, 2.75) is 154 Å². The third-order valence-corrected chi connectivity index (χ3v) is 9.54. The molecule has 5 N–H and O–H groups in total. The highest BCUT2D eigenvalue weighted by atomic mass is 31.2. The lowest BCUT2D eigenvalue weighted by Gasteiger charge is -2.20. The van der Waals surface area contributed by atoms with Crippen molar-refractivity contribution in [3.05, 3.63) is 109 Å². The van der Waals surface area contributed by atoms with E-state index >= 15 is 0 Å². The fourth-order valence-electron chi connectivity index (χ4n) is 5.15. The summed E-state index contributed by atoms with van der Waals surface area (Å²) < 4.78 is 32.6.